The number of carbonyl (C=O) groups is 1. The van der Waals surface area contributed by atoms with Crippen molar-refractivity contribution in [3.8, 4) is 0 Å². The van der Waals surface area contributed by atoms with E-state index in [1.165, 1.54) is 0 Å². The summed E-state index contributed by atoms with van der Waals surface area (Å²) in [6.45, 7) is 6.84. The lowest BCUT2D eigenvalue weighted by molar-refractivity contribution is -0.188. The van der Waals surface area contributed by atoms with E-state index in [4.69, 9.17) is 0 Å². The van der Waals surface area contributed by atoms with E-state index in [0.29, 0.717) is 17.4 Å². The molecule has 0 bridgehead atoms. The molecule has 0 fully saturated rings. The summed E-state index contributed by atoms with van der Waals surface area (Å²) in [5, 5.41) is 20.2. The third-order valence-electron chi connectivity index (χ3n) is 3.06. The van der Waals surface area contributed by atoms with E-state index < -0.39 is 11.1 Å². The zero-order chi connectivity index (χ0) is 11.1. The van der Waals surface area contributed by atoms with Gasteiger partial charge in [-0.2, -0.15) is 5.06 Å². The van der Waals surface area contributed by atoms with Crippen LogP contribution < -0.4 is 0 Å². The van der Waals surface area contributed by atoms with Crippen LogP contribution in [0, 0.1) is 0 Å². The van der Waals surface area contributed by atoms with E-state index in [0.717, 1.165) is 5.06 Å². The van der Waals surface area contributed by atoms with Crippen LogP contribution in [0.5, 0.6) is 0 Å². The number of hydroxylamine groups is 2. The molecule has 1 heterocycles. The van der Waals surface area contributed by atoms with Gasteiger partial charge in [-0.1, -0.05) is 0 Å². The minimum Gasteiger partial charge on any atom is -0.392 e. The predicted molar refractivity (Wildman–Crippen MR) is 52.0 cm³/mol. The standard InChI is InChI=1S/C10H17NO3/c1-9(2)7(5-12)8(6-13)10(3,4)11(9)14/h5,13-14H,6H2,1-4H3. The zero-order valence-electron chi connectivity index (χ0n) is 9.03. The maximum Gasteiger partial charge on any atom is 0.148 e. The SMILES string of the molecule is CC1(C)C(C=O)=C(CO)C(C)(C)N1O. The topological polar surface area (TPSA) is 60.8 Å². The first-order chi connectivity index (χ1) is 6.30. The molecule has 0 aromatic carbocycles. The maximum atomic E-state index is 10.9. The van der Waals surface area contributed by atoms with Crippen molar-refractivity contribution in [1.82, 2.24) is 5.06 Å². The zero-order valence-corrected chi connectivity index (χ0v) is 9.03. The van der Waals surface area contributed by atoms with Crippen LogP contribution in [0.15, 0.2) is 11.1 Å². The average Bonchev–Trinajstić information content (AvgIpc) is 2.22. The first kappa shape index (κ1) is 11.4. The van der Waals surface area contributed by atoms with Gasteiger partial charge in [0.05, 0.1) is 17.7 Å². The van der Waals surface area contributed by atoms with Gasteiger partial charge in [0.1, 0.15) is 6.29 Å². The molecule has 80 valence electrons. The first-order valence-electron chi connectivity index (χ1n) is 4.59. The molecule has 0 saturated carbocycles. The largest absolute Gasteiger partial charge is 0.392 e. The quantitative estimate of drug-likeness (QED) is 0.644. The van der Waals surface area contributed by atoms with Gasteiger partial charge in [0.25, 0.3) is 0 Å². The molecule has 14 heavy (non-hydrogen) atoms. The minimum absolute atomic E-state index is 0.207. The van der Waals surface area contributed by atoms with Crippen LogP contribution >= 0.6 is 0 Å². The highest BCUT2D eigenvalue weighted by molar-refractivity contribution is 5.80. The summed E-state index contributed by atoms with van der Waals surface area (Å²) in [5.74, 6) is 0. The summed E-state index contributed by atoms with van der Waals surface area (Å²) in [6.07, 6.45) is 0.712. The minimum atomic E-state index is -0.733. The van der Waals surface area contributed by atoms with E-state index in [1.54, 1.807) is 27.7 Å². The van der Waals surface area contributed by atoms with Gasteiger partial charge in [0.15, 0.2) is 0 Å². The van der Waals surface area contributed by atoms with Crippen molar-refractivity contribution in [3.63, 3.8) is 0 Å². The molecule has 0 aliphatic carbocycles. The lowest BCUT2D eigenvalue weighted by Crippen LogP contribution is -2.49. The van der Waals surface area contributed by atoms with E-state index in [1.807, 2.05) is 0 Å². The lowest BCUT2D eigenvalue weighted by atomic mass is 9.92. The number of aldehydes is 1. The molecule has 2 N–H and O–H groups in total. The average molecular weight is 199 g/mol. The summed E-state index contributed by atoms with van der Waals surface area (Å²) in [6, 6.07) is 0. The number of rotatable bonds is 2. The van der Waals surface area contributed by atoms with Crippen molar-refractivity contribution < 1.29 is 15.1 Å². The highest BCUT2D eigenvalue weighted by Crippen LogP contribution is 2.42. The summed E-state index contributed by atoms with van der Waals surface area (Å²) >= 11 is 0. The van der Waals surface area contributed by atoms with Crippen molar-refractivity contribution >= 4 is 6.29 Å². The van der Waals surface area contributed by atoms with Gasteiger partial charge in [-0.05, 0) is 33.3 Å². The maximum absolute atomic E-state index is 10.9. The van der Waals surface area contributed by atoms with Crippen molar-refractivity contribution in [2.75, 3.05) is 6.61 Å². The van der Waals surface area contributed by atoms with Gasteiger partial charge in [-0.25, -0.2) is 0 Å². The van der Waals surface area contributed by atoms with Gasteiger partial charge in [0.2, 0.25) is 0 Å². The molecule has 0 unspecified atom stereocenters. The molecule has 1 rings (SSSR count). The van der Waals surface area contributed by atoms with Gasteiger partial charge < -0.3 is 10.3 Å². The van der Waals surface area contributed by atoms with Gasteiger partial charge in [0, 0.05) is 5.57 Å². The normalized spacial score (nSPS) is 25.6. The molecule has 1 aliphatic rings. The van der Waals surface area contributed by atoms with Crippen molar-refractivity contribution in [2.24, 2.45) is 0 Å². The summed E-state index contributed by atoms with van der Waals surface area (Å²) in [7, 11) is 0. The van der Waals surface area contributed by atoms with E-state index >= 15 is 0 Å². The van der Waals surface area contributed by atoms with Crippen LogP contribution in [-0.4, -0.2) is 39.3 Å². The summed E-state index contributed by atoms with van der Waals surface area (Å²) in [5.41, 5.74) is -0.370. The molecule has 0 atom stereocenters. The Labute approximate surface area is 83.8 Å². The second kappa shape index (κ2) is 3.15. The Balaban J connectivity index is 3.35. The van der Waals surface area contributed by atoms with Crippen LogP contribution in [0.4, 0.5) is 0 Å². The number of carbonyl (C=O) groups excluding carboxylic acids is 1. The van der Waals surface area contributed by atoms with E-state index in [9.17, 15) is 15.1 Å². The van der Waals surface area contributed by atoms with Crippen LogP contribution in [-0.2, 0) is 4.79 Å². The Kier molecular flexibility index (Phi) is 2.56. The summed E-state index contributed by atoms with van der Waals surface area (Å²) < 4.78 is 0. The Morgan fingerprint density at radius 3 is 2.07 bits per heavy atom. The van der Waals surface area contributed by atoms with E-state index in [-0.39, 0.29) is 6.61 Å². The van der Waals surface area contributed by atoms with Crippen LogP contribution in [0.25, 0.3) is 0 Å². The molecular weight excluding hydrogens is 182 g/mol. The van der Waals surface area contributed by atoms with Gasteiger partial charge >= 0.3 is 0 Å². The van der Waals surface area contributed by atoms with E-state index in [2.05, 4.69) is 0 Å². The first-order valence-corrected chi connectivity index (χ1v) is 4.59. The van der Waals surface area contributed by atoms with Crippen molar-refractivity contribution in [1.29, 1.82) is 0 Å². The fourth-order valence-corrected chi connectivity index (χ4v) is 2.13. The second-order valence-electron chi connectivity index (χ2n) is 4.60. The molecular formula is C10H17NO3. The third kappa shape index (κ3) is 1.22. The number of aliphatic hydroxyl groups is 1. The Bertz CT molecular complexity index is 292. The Morgan fingerprint density at radius 2 is 1.79 bits per heavy atom. The molecule has 0 amide bonds. The molecule has 0 saturated heterocycles. The number of hydrogen-bond acceptors (Lipinski definition) is 4. The molecule has 0 aromatic heterocycles. The van der Waals surface area contributed by atoms with Crippen LogP contribution in [0.3, 0.4) is 0 Å². The Morgan fingerprint density at radius 1 is 1.29 bits per heavy atom. The highest BCUT2D eigenvalue weighted by Gasteiger charge is 2.50. The number of hydrogen-bond donors (Lipinski definition) is 2. The Hall–Kier alpha value is -0.710. The molecule has 0 radical (unpaired) electrons. The molecule has 0 spiro atoms. The fourth-order valence-electron chi connectivity index (χ4n) is 2.13. The smallest absolute Gasteiger partial charge is 0.148 e. The van der Waals surface area contributed by atoms with Crippen molar-refractivity contribution in [2.45, 2.75) is 38.8 Å². The number of aliphatic hydroxyl groups excluding tert-OH is 1. The highest BCUT2D eigenvalue weighted by atomic mass is 16.5. The third-order valence-corrected chi connectivity index (χ3v) is 3.06. The molecule has 4 heteroatoms. The predicted octanol–water partition coefficient (Wildman–Crippen LogP) is 0.736. The fraction of sp³-hybridized carbons (Fsp3) is 0.700. The summed E-state index contributed by atoms with van der Waals surface area (Å²) in [4.78, 5) is 10.9. The van der Waals surface area contributed by atoms with Crippen LogP contribution in [0.1, 0.15) is 27.7 Å². The number of nitrogens with zero attached hydrogens (tertiary/aromatic N) is 1. The van der Waals surface area contributed by atoms with Gasteiger partial charge in [-0.3, -0.25) is 4.79 Å². The monoisotopic (exact) mass is 199 g/mol. The molecule has 4 nitrogen and oxygen atoms in total. The molecule has 0 aromatic rings. The lowest BCUT2D eigenvalue weighted by Gasteiger charge is -2.36. The van der Waals surface area contributed by atoms with Crippen molar-refractivity contribution in [3.05, 3.63) is 11.1 Å². The van der Waals surface area contributed by atoms with Crippen LogP contribution in [0.2, 0.25) is 0 Å². The van der Waals surface area contributed by atoms with Gasteiger partial charge in [-0.15, -0.1) is 0 Å². The molecule has 1 aliphatic heterocycles. The second-order valence-corrected chi connectivity index (χ2v) is 4.60.